The molecule has 5 heteroatoms. The number of imidazole rings is 1. The molecule has 3 nitrogen and oxygen atoms in total. The van der Waals surface area contributed by atoms with E-state index < -0.39 is 0 Å². The molecule has 2 aromatic rings. The van der Waals surface area contributed by atoms with Gasteiger partial charge in [-0.1, -0.05) is 52.1 Å². The summed E-state index contributed by atoms with van der Waals surface area (Å²) >= 11 is 7.55. The van der Waals surface area contributed by atoms with Gasteiger partial charge in [0.25, 0.3) is 0 Å². The highest BCUT2D eigenvalue weighted by Crippen LogP contribution is 2.53. The number of halogens is 2. The zero-order valence-corrected chi connectivity index (χ0v) is 14.8. The fourth-order valence-electron chi connectivity index (χ4n) is 3.40. The van der Waals surface area contributed by atoms with Crippen LogP contribution in [0.2, 0.25) is 0 Å². The van der Waals surface area contributed by atoms with E-state index in [4.69, 9.17) is 0 Å². The predicted molar refractivity (Wildman–Crippen MR) is 89.4 cm³/mol. The van der Waals surface area contributed by atoms with E-state index in [-0.39, 0.29) is 5.69 Å². The zero-order chi connectivity index (χ0) is 14.5. The van der Waals surface area contributed by atoms with Crippen molar-refractivity contribution >= 4 is 42.9 Å². The van der Waals surface area contributed by atoms with Crippen molar-refractivity contribution in [3.05, 3.63) is 32.7 Å². The van der Waals surface area contributed by atoms with Crippen LogP contribution in [0.3, 0.4) is 0 Å². The summed E-state index contributed by atoms with van der Waals surface area (Å²) in [5.41, 5.74) is 3.13. The first-order valence-corrected chi connectivity index (χ1v) is 8.65. The van der Waals surface area contributed by atoms with Crippen LogP contribution in [0.4, 0.5) is 0 Å². The highest BCUT2D eigenvalue weighted by atomic mass is 79.9. The fourth-order valence-corrected chi connectivity index (χ4v) is 5.65. The lowest BCUT2D eigenvalue weighted by molar-refractivity contribution is 0.257. The molecule has 1 aromatic carbocycles. The van der Waals surface area contributed by atoms with E-state index in [0.29, 0.717) is 16.2 Å². The first kappa shape index (κ1) is 14.4. The molecular weight excluding hydrogens is 384 g/mol. The van der Waals surface area contributed by atoms with Crippen molar-refractivity contribution in [1.82, 2.24) is 9.97 Å². The van der Waals surface area contributed by atoms with Gasteiger partial charge in [0.1, 0.15) is 0 Å². The quantitative estimate of drug-likeness (QED) is 0.692. The third-order valence-corrected chi connectivity index (χ3v) is 6.44. The molecule has 108 valence electrons. The first-order chi connectivity index (χ1) is 9.38. The maximum absolute atomic E-state index is 11.4. The van der Waals surface area contributed by atoms with Crippen LogP contribution >= 0.6 is 31.9 Å². The van der Waals surface area contributed by atoms with Gasteiger partial charge in [-0.3, -0.25) is 0 Å². The van der Waals surface area contributed by atoms with Gasteiger partial charge in [0, 0.05) is 9.30 Å². The Hall–Kier alpha value is -0.550. The molecule has 0 saturated heterocycles. The van der Waals surface area contributed by atoms with Crippen molar-refractivity contribution in [2.24, 2.45) is 11.3 Å². The number of nitrogens with one attached hydrogen (secondary N) is 2. The van der Waals surface area contributed by atoms with Crippen molar-refractivity contribution in [2.45, 2.75) is 37.9 Å². The number of hydrogen-bond acceptors (Lipinski definition) is 1. The van der Waals surface area contributed by atoms with Gasteiger partial charge in [-0.2, -0.15) is 0 Å². The van der Waals surface area contributed by atoms with Crippen LogP contribution in [0, 0.1) is 11.3 Å². The van der Waals surface area contributed by atoms with Gasteiger partial charge in [0.15, 0.2) is 0 Å². The summed E-state index contributed by atoms with van der Waals surface area (Å²) in [6.07, 6.45) is 3.82. The van der Waals surface area contributed by atoms with Gasteiger partial charge >= 0.3 is 5.69 Å². The van der Waals surface area contributed by atoms with Crippen molar-refractivity contribution in [2.75, 3.05) is 0 Å². The highest BCUT2D eigenvalue weighted by Gasteiger charge is 2.39. The van der Waals surface area contributed by atoms with Gasteiger partial charge < -0.3 is 9.97 Å². The molecule has 1 saturated carbocycles. The average molecular weight is 402 g/mol. The molecule has 0 bridgehead atoms. The summed E-state index contributed by atoms with van der Waals surface area (Å²) in [4.78, 5) is 17.3. The Labute approximate surface area is 134 Å². The highest BCUT2D eigenvalue weighted by molar-refractivity contribution is 9.11. The number of H-pyrrole nitrogens is 2. The number of aromatic amines is 2. The van der Waals surface area contributed by atoms with Crippen LogP contribution in [0.15, 0.2) is 21.4 Å². The van der Waals surface area contributed by atoms with Crippen LogP contribution in [0.1, 0.15) is 43.5 Å². The maximum Gasteiger partial charge on any atom is 0.323 e. The van der Waals surface area contributed by atoms with Crippen LogP contribution in [0.25, 0.3) is 11.0 Å². The second kappa shape index (κ2) is 5.02. The molecule has 2 N–H and O–H groups in total. The SMILES string of the molecule is CC1(C)CCCC1C(Br)c1cc2[nH]c(=O)[nH]c2cc1Br. The van der Waals surface area contributed by atoms with E-state index in [2.05, 4.69) is 61.7 Å². The molecule has 0 spiro atoms. The van der Waals surface area contributed by atoms with E-state index >= 15 is 0 Å². The normalized spacial score (nSPS) is 23.3. The van der Waals surface area contributed by atoms with E-state index in [1.165, 1.54) is 24.8 Å². The predicted octanol–water partition coefficient (Wildman–Crippen LogP) is 4.88. The lowest BCUT2D eigenvalue weighted by Crippen LogP contribution is -2.21. The van der Waals surface area contributed by atoms with E-state index in [1.54, 1.807) is 0 Å². The molecule has 1 fully saturated rings. The molecule has 3 rings (SSSR count). The third kappa shape index (κ3) is 2.39. The van der Waals surface area contributed by atoms with Crippen LogP contribution < -0.4 is 5.69 Å². The molecular formula is C15H18Br2N2O. The van der Waals surface area contributed by atoms with Crippen LogP contribution in [-0.4, -0.2) is 9.97 Å². The first-order valence-electron chi connectivity index (χ1n) is 6.94. The van der Waals surface area contributed by atoms with E-state index in [9.17, 15) is 4.79 Å². The Morgan fingerprint density at radius 1 is 1.30 bits per heavy atom. The van der Waals surface area contributed by atoms with Crippen molar-refractivity contribution < 1.29 is 0 Å². The summed E-state index contributed by atoms with van der Waals surface area (Å²) in [5.74, 6) is 0.613. The summed E-state index contributed by atoms with van der Waals surface area (Å²) in [5, 5.41) is 0. The van der Waals surface area contributed by atoms with Crippen molar-refractivity contribution in [3.63, 3.8) is 0 Å². The average Bonchev–Trinajstić information content (AvgIpc) is 2.88. The minimum atomic E-state index is -0.156. The summed E-state index contributed by atoms with van der Waals surface area (Å²) in [6.45, 7) is 4.70. The van der Waals surface area contributed by atoms with E-state index in [0.717, 1.165) is 15.5 Å². The lowest BCUT2D eigenvalue weighted by atomic mass is 9.78. The van der Waals surface area contributed by atoms with Gasteiger partial charge in [-0.05, 0) is 41.9 Å². The Balaban J connectivity index is 2.04. The Bertz CT molecular complexity index is 701. The Kier molecular flexibility index (Phi) is 3.61. The number of benzene rings is 1. The molecule has 2 atom stereocenters. The number of hydrogen-bond donors (Lipinski definition) is 2. The van der Waals surface area contributed by atoms with E-state index in [1.807, 2.05) is 6.07 Å². The van der Waals surface area contributed by atoms with Crippen LogP contribution in [0.5, 0.6) is 0 Å². The van der Waals surface area contributed by atoms with Gasteiger partial charge in [0.05, 0.1) is 11.0 Å². The smallest absolute Gasteiger partial charge is 0.306 e. The topological polar surface area (TPSA) is 48.6 Å². The standard InChI is InChI=1S/C15H18Br2N2O/c1-15(2)5-3-4-9(15)13(17)8-6-11-12(7-10(8)16)19-14(20)18-11/h6-7,9,13H,3-5H2,1-2H3,(H2,18,19,20). The minimum absolute atomic E-state index is 0.156. The maximum atomic E-state index is 11.4. The molecule has 1 heterocycles. The minimum Gasteiger partial charge on any atom is -0.306 e. The summed E-state index contributed by atoms with van der Waals surface area (Å²) < 4.78 is 1.05. The monoisotopic (exact) mass is 400 g/mol. The largest absolute Gasteiger partial charge is 0.323 e. The summed E-state index contributed by atoms with van der Waals surface area (Å²) in [7, 11) is 0. The second-order valence-electron chi connectivity index (χ2n) is 6.39. The third-order valence-electron chi connectivity index (χ3n) is 4.62. The van der Waals surface area contributed by atoms with Crippen LogP contribution in [-0.2, 0) is 0 Å². The molecule has 0 amide bonds. The molecule has 0 aliphatic heterocycles. The van der Waals surface area contributed by atoms with Gasteiger partial charge in [-0.25, -0.2) is 4.79 Å². The summed E-state index contributed by atoms with van der Waals surface area (Å²) in [6, 6.07) is 4.06. The fraction of sp³-hybridized carbons (Fsp3) is 0.533. The Morgan fingerprint density at radius 2 is 1.95 bits per heavy atom. The van der Waals surface area contributed by atoms with Gasteiger partial charge in [0.2, 0.25) is 0 Å². The lowest BCUT2D eigenvalue weighted by Gasteiger charge is -2.31. The number of alkyl halides is 1. The number of fused-ring (bicyclic) bond motifs is 1. The second-order valence-corrected chi connectivity index (χ2v) is 8.23. The molecule has 2 unspecified atom stereocenters. The molecule has 1 aliphatic rings. The zero-order valence-electron chi connectivity index (χ0n) is 11.6. The molecule has 1 aromatic heterocycles. The Morgan fingerprint density at radius 3 is 2.55 bits per heavy atom. The van der Waals surface area contributed by atoms with Gasteiger partial charge in [-0.15, -0.1) is 0 Å². The molecule has 1 aliphatic carbocycles. The van der Waals surface area contributed by atoms with Crippen molar-refractivity contribution in [1.29, 1.82) is 0 Å². The van der Waals surface area contributed by atoms with Crippen molar-refractivity contribution in [3.8, 4) is 0 Å². The molecule has 20 heavy (non-hydrogen) atoms. The number of rotatable bonds is 2. The number of aromatic nitrogens is 2. The molecule has 0 radical (unpaired) electrons.